The molecule has 11 nitrogen and oxygen atoms in total. The number of amides is 2. The highest BCUT2D eigenvalue weighted by atomic mass is 19.4. The summed E-state index contributed by atoms with van der Waals surface area (Å²) in [5.41, 5.74) is -0.686. The number of fused-ring (bicyclic) bond motifs is 3. The number of aliphatic hydroxyl groups excluding tert-OH is 1. The lowest BCUT2D eigenvalue weighted by molar-refractivity contribution is -0.142. The number of benzene rings is 1. The molecule has 2 amide bonds. The van der Waals surface area contributed by atoms with E-state index in [0.717, 1.165) is 12.1 Å². The summed E-state index contributed by atoms with van der Waals surface area (Å²) in [4.78, 5) is 32.9. The monoisotopic (exact) mass is 566 g/mol. The molecule has 2 aromatic rings. The molecular formula is C26H33F3N6O5. The van der Waals surface area contributed by atoms with Gasteiger partial charge in [-0.1, -0.05) is 5.21 Å². The van der Waals surface area contributed by atoms with Crippen LogP contribution in [0.3, 0.4) is 0 Å². The number of ether oxygens (including phenoxy) is 2. The second kappa shape index (κ2) is 11.3. The molecule has 0 unspecified atom stereocenters. The third-order valence-corrected chi connectivity index (χ3v) is 7.69. The van der Waals surface area contributed by atoms with Crippen LogP contribution in [0.15, 0.2) is 24.4 Å². The van der Waals surface area contributed by atoms with Gasteiger partial charge in [0.25, 0.3) is 5.91 Å². The normalized spacial score (nSPS) is 24.1. The number of hydrogen-bond donors (Lipinski definition) is 1. The van der Waals surface area contributed by atoms with E-state index in [4.69, 9.17) is 14.6 Å². The van der Waals surface area contributed by atoms with Gasteiger partial charge in [-0.15, -0.1) is 5.10 Å². The zero-order valence-electron chi connectivity index (χ0n) is 22.4. The minimum absolute atomic E-state index is 0.0202. The van der Waals surface area contributed by atoms with Crippen molar-refractivity contribution < 1.29 is 37.3 Å². The van der Waals surface area contributed by atoms with Crippen LogP contribution in [0.1, 0.15) is 41.9 Å². The Labute approximate surface area is 229 Å². The van der Waals surface area contributed by atoms with Crippen molar-refractivity contribution in [1.29, 1.82) is 0 Å². The number of rotatable bonds is 6. The van der Waals surface area contributed by atoms with Gasteiger partial charge < -0.3 is 24.4 Å². The molecule has 1 aromatic heterocycles. The number of piperazine rings is 1. The van der Waals surface area contributed by atoms with Crippen LogP contribution in [-0.4, -0.2) is 110 Å². The highest BCUT2D eigenvalue weighted by molar-refractivity contribution is 6.00. The van der Waals surface area contributed by atoms with Crippen molar-refractivity contribution in [3.63, 3.8) is 0 Å². The van der Waals surface area contributed by atoms with Crippen molar-refractivity contribution >= 4 is 11.8 Å². The summed E-state index contributed by atoms with van der Waals surface area (Å²) in [5.74, 6) is -0.919. The van der Waals surface area contributed by atoms with Gasteiger partial charge in [-0.3, -0.25) is 14.5 Å². The van der Waals surface area contributed by atoms with Crippen LogP contribution in [-0.2, 0) is 28.9 Å². The molecule has 0 saturated carbocycles. The summed E-state index contributed by atoms with van der Waals surface area (Å²) in [7, 11) is 0. The van der Waals surface area contributed by atoms with E-state index in [9.17, 15) is 22.8 Å². The summed E-state index contributed by atoms with van der Waals surface area (Å²) in [6, 6.07) is 1.90. The van der Waals surface area contributed by atoms with Crippen molar-refractivity contribution in [2.75, 3.05) is 39.4 Å². The maximum Gasteiger partial charge on any atom is 0.416 e. The van der Waals surface area contributed by atoms with Gasteiger partial charge in [0.15, 0.2) is 0 Å². The Morgan fingerprint density at radius 1 is 1.18 bits per heavy atom. The number of aliphatic hydroxyl groups is 1. The number of carbonyl (C=O) groups is 2. The Morgan fingerprint density at radius 3 is 2.70 bits per heavy atom. The maximum absolute atomic E-state index is 13.9. The van der Waals surface area contributed by atoms with E-state index < -0.39 is 29.8 Å². The van der Waals surface area contributed by atoms with Gasteiger partial charge in [0.05, 0.1) is 49.2 Å². The fourth-order valence-electron chi connectivity index (χ4n) is 5.51. The Bertz CT molecular complexity index is 1240. The number of carbonyl (C=O) groups excluding carboxylic acids is 2. The average Bonchev–Trinajstić information content (AvgIpc) is 3.56. The van der Waals surface area contributed by atoms with Gasteiger partial charge in [-0.05, 0) is 32.0 Å². The first kappa shape index (κ1) is 28.3. The molecule has 14 heteroatoms. The predicted octanol–water partition coefficient (Wildman–Crippen LogP) is 1.40. The third-order valence-electron chi connectivity index (χ3n) is 7.69. The molecule has 1 N–H and O–H groups in total. The predicted molar refractivity (Wildman–Crippen MR) is 134 cm³/mol. The van der Waals surface area contributed by atoms with Crippen LogP contribution in [0.25, 0.3) is 0 Å². The standard InChI is InChI=1S/C26H33F3N6O5/c1-16(2)32-5-6-34-19(12-32)15-40-23-4-3-17(26(27,28)29)9-21(23)24(37)35-13-20(10-22(35)25(34)38)39-14-18-11-33(7-8-36)31-30-18/h3-4,9,11,16,19-20,22,36H,5-8,10,12-15H2,1-2H3/t19-,20+,22-/m0/s1. The van der Waals surface area contributed by atoms with Crippen molar-refractivity contribution in [2.24, 2.45) is 0 Å². The Hall–Kier alpha value is -3.23. The molecule has 4 heterocycles. The van der Waals surface area contributed by atoms with Gasteiger partial charge in [-0.25, -0.2) is 4.68 Å². The molecule has 0 bridgehead atoms. The number of hydrogen-bond acceptors (Lipinski definition) is 8. The molecule has 0 spiro atoms. The fourth-order valence-corrected chi connectivity index (χ4v) is 5.51. The smallest absolute Gasteiger partial charge is 0.416 e. The molecule has 5 rings (SSSR count). The van der Waals surface area contributed by atoms with Crippen LogP contribution in [0.2, 0.25) is 0 Å². The number of alkyl halides is 3. The van der Waals surface area contributed by atoms with Crippen LogP contribution in [0.5, 0.6) is 5.75 Å². The average molecular weight is 567 g/mol. The minimum Gasteiger partial charge on any atom is -0.491 e. The minimum atomic E-state index is -4.65. The van der Waals surface area contributed by atoms with Gasteiger partial charge in [-0.2, -0.15) is 13.2 Å². The van der Waals surface area contributed by atoms with Crippen molar-refractivity contribution in [3.05, 3.63) is 41.2 Å². The molecule has 3 aliphatic rings. The third kappa shape index (κ3) is 5.79. The molecule has 2 saturated heterocycles. The van der Waals surface area contributed by atoms with E-state index >= 15 is 0 Å². The summed E-state index contributed by atoms with van der Waals surface area (Å²) in [5, 5.41) is 17.0. The second-order valence-electron chi connectivity index (χ2n) is 10.6. The number of halogens is 3. The SMILES string of the molecule is CC(C)N1CCN2C(=O)[C@@H]3C[C@@H](OCc4cn(CCO)nn4)CN3C(=O)c3cc(C(F)(F)F)ccc3OC[C@@H]2C1. The van der Waals surface area contributed by atoms with E-state index in [1.807, 2.05) is 0 Å². The van der Waals surface area contributed by atoms with Crippen molar-refractivity contribution in [1.82, 2.24) is 29.7 Å². The Balaban J connectivity index is 1.44. The zero-order chi connectivity index (χ0) is 28.6. The van der Waals surface area contributed by atoms with Crippen molar-refractivity contribution in [2.45, 2.75) is 63.8 Å². The van der Waals surface area contributed by atoms with Gasteiger partial charge in [0.1, 0.15) is 24.1 Å². The highest BCUT2D eigenvalue weighted by Crippen LogP contribution is 2.36. The zero-order valence-corrected chi connectivity index (χ0v) is 22.4. The maximum atomic E-state index is 13.9. The van der Waals surface area contributed by atoms with Crippen LogP contribution < -0.4 is 4.74 Å². The highest BCUT2D eigenvalue weighted by Gasteiger charge is 2.46. The van der Waals surface area contributed by atoms with Crippen molar-refractivity contribution in [3.8, 4) is 5.75 Å². The van der Waals surface area contributed by atoms with Gasteiger partial charge in [0.2, 0.25) is 5.91 Å². The van der Waals surface area contributed by atoms with Crippen LogP contribution >= 0.6 is 0 Å². The van der Waals surface area contributed by atoms with E-state index in [1.54, 1.807) is 11.1 Å². The molecule has 0 aliphatic carbocycles. The van der Waals surface area contributed by atoms with E-state index in [0.29, 0.717) is 25.3 Å². The van der Waals surface area contributed by atoms with Crippen LogP contribution in [0.4, 0.5) is 13.2 Å². The lowest BCUT2D eigenvalue weighted by Gasteiger charge is -2.44. The largest absolute Gasteiger partial charge is 0.491 e. The lowest BCUT2D eigenvalue weighted by atomic mass is 10.0. The first-order valence-corrected chi connectivity index (χ1v) is 13.4. The summed E-state index contributed by atoms with van der Waals surface area (Å²) >= 11 is 0. The van der Waals surface area contributed by atoms with Crippen LogP contribution in [0, 0.1) is 0 Å². The number of nitrogens with zero attached hydrogens (tertiary/aromatic N) is 6. The van der Waals surface area contributed by atoms with Gasteiger partial charge in [0, 0.05) is 38.6 Å². The topological polar surface area (TPSA) is 113 Å². The fraction of sp³-hybridized carbons (Fsp3) is 0.615. The summed E-state index contributed by atoms with van der Waals surface area (Å²) in [6.45, 7) is 6.10. The second-order valence-corrected chi connectivity index (χ2v) is 10.6. The Morgan fingerprint density at radius 2 is 1.98 bits per heavy atom. The molecular weight excluding hydrogens is 533 g/mol. The molecule has 40 heavy (non-hydrogen) atoms. The molecule has 3 atom stereocenters. The Kier molecular flexibility index (Phi) is 8.02. The first-order valence-electron chi connectivity index (χ1n) is 13.4. The summed E-state index contributed by atoms with van der Waals surface area (Å²) < 4.78 is 54.2. The van der Waals surface area contributed by atoms with E-state index in [-0.39, 0.29) is 68.6 Å². The molecule has 3 aliphatic heterocycles. The van der Waals surface area contributed by atoms with E-state index in [2.05, 4.69) is 29.1 Å². The first-order chi connectivity index (χ1) is 19.0. The lowest BCUT2D eigenvalue weighted by Crippen LogP contribution is -2.62. The molecule has 1 aromatic carbocycles. The summed E-state index contributed by atoms with van der Waals surface area (Å²) in [6.07, 6.45) is -3.37. The molecule has 2 fully saturated rings. The number of aromatic nitrogens is 3. The quantitative estimate of drug-likeness (QED) is 0.559. The molecule has 0 radical (unpaired) electrons. The van der Waals surface area contributed by atoms with Gasteiger partial charge >= 0.3 is 6.18 Å². The van der Waals surface area contributed by atoms with E-state index in [1.165, 1.54) is 15.6 Å². The molecule has 218 valence electrons.